The monoisotopic (exact) mass is 214 g/mol. The van der Waals surface area contributed by atoms with Gasteiger partial charge in [-0.25, -0.2) is 0 Å². The lowest BCUT2D eigenvalue weighted by Crippen LogP contribution is -2.40. The van der Waals surface area contributed by atoms with Crippen LogP contribution in [0.1, 0.15) is 47.5 Å². The van der Waals surface area contributed by atoms with E-state index in [2.05, 4.69) is 44.8 Å². The molecule has 0 amide bonds. The molecule has 3 atom stereocenters. The third kappa shape index (κ3) is 6.16. The summed E-state index contributed by atoms with van der Waals surface area (Å²) in [6.45, 7) is 13.9. The van der Waals surface area contributed by atoms with E-state index in [1.54, 1.807) is 0 Å². The van der Waals surface area contributed by atoms with Crippen molar-refractivity contribution < 1.29 is 0 Å². The Morgan fingerprint density at radius 2 is 1.73 bits per heavy atom. The molecule has 0 aliphatic heterocycles. The van der Waals surface area contributed by atoms with Crippen molar-refractivity contribution in [3.8, 4) is 0 Å². The number of nitrogens with one attached hydrogen (secondary N) is 1. The van der Waals surface area contributed by atoms with E-state index >= 15 is 0 Å². The molecule has 0 fully saturated rings. The predicted octanol–water partition coefficient (Wildman–Crippen LogP) is 2.74. The third-order valence-corrected chi connectivity index (χ3v) is 3.46. The standard InChI is InChI=1S/C13H30N2/c1-7-11(3)10-15(8-2)13(5)9-12(4)14-6/h11-14H,7-10H2,1-6H3. The van der Waals surface area contributed by atoms with Crippen LogP contribution in [0.4, 0.5) is 0 Å². The molecule has 0 saturated carbocycles. The molecule has 15 heavy (non-hydrogen) atoms. The van der Waals surface area contributed by atoms with Gasteiger partial charge < -0.3 is 10.2 Å². The summed E-state index contributed by atoms with van der Waals surface area (Å²) in [6.07, 6.45) is 2.52. The summed E-state index contributed by atoms with van der Waals surface area (Å²) in [5.74, 6) is 0.817. The van der Waals surface area contributed by atoms with Crippen molar-refractivity contribution in [2.24, 2.45) is 5.92 Å². The zero-order valence-electron chi connectivity index (χ0n) is 11.5. The van der Waals surface area contributed by atoms with Crippen molar-refractivity contribution in [3.63, 3.8) is 0 Å². The largest absolute Gasteiger partial charge is 0.317 e. The molecule has 0 radical (unpaired) electrons. The molecule has 0 aromatic carbocycles. The number of rotatable bonds is 8. The Hall–Kier alpha value is -0.0800. The lowest BCUT2D eigenvalue weighted by molar-refractivity contribution is 0.173. The molecule has 0 heterocycles. The molecule has 92 valence electrons. The molecule has 0 aromatic heterocycles. The van der Waals surface area contributed by atoms with Gasteiger partial charge in [0.15, 0.2) is 0 Å². The molecule has 0 aromatic rings. The highest BCUT2D eigenvalue weighted by molar-refractivity contribution is 4.72. The summed E-state index contributed by atoms with van der Waals surface area (Å²) in [7, 11) is 2.04. The van der Waals surface area contributed by atoms with Crippen molar-refractivity contribution in [3.05, 3.63) is 0 Å². The Labute approximate surface area is 96.4 Å². The molecule has 0 aliphatic rings. The van der Waals surface area contributed by atoms with Gasteiger partial charge in [0.25, 0.3) is 0 Å². The minimum Gasteiger partial charge on any atom is -0.317 e. The Morgan fingerprint density at radius 3 is 2.13 bits per heavy atom. The minimum absolute atomic E-state index is 0.617. The molecule has 1 N–H and O–H groups in total. The van der Waals surface area contributed by atoms with Crippen molar-refractivity contribution in [2.75, 3.05) is 20.1 Å². The molecule has 2 heteroatoms. The van der Waals surface area contributed by atoms with E-state index in [0.717, 1.165) is 5.92 Å². The molecule has 0 rings (SSSR count). The van der Waals surface area contributed by atoms with Crippen LogP contribution < -0.4 is 5.32 Å². The Bertz CT molecular complexity index is 147. The zero-order valence-corrected chi connectivity index (χ0v) is 11.5. The average molecular weight is 214 g/mol. The van der Waals surface area contributed by atoms with Crippen molar-refractivity contribution >= 4 is 0 Å². The smallest absolute Gasteiger partial charge is 0.00816 e. The molecule has 0 saturated heterocycles. The van der Waals surface area contributed by atoms with Gasteiger partial charge >= 0.3 is 0 Å². The van der Waals surface area contributed by atoms with E-state index < -0.39 is 0 Å². The summed E-state index contributed by atoms with van der Waals surface area (Å²) < 4.78 is 0. The summed E-state index contributed by atoms with van der Waals surface area (Å²) in [4.78, 5) is 2.60. The average Bonchev–Trinajstić information content (AvgIpc) is 2.24. The molecular weight excluding hydrogens is 184 g/mol. The molecule has 0 bridgehead atoms. The van der Waals surface area contributed by atoms with Gasteiger partial charge in [0.2, 0.25) is 0 Å². The summed E-state index contributed by atoms with van der Waals surface area (Å²) in [6, 6.07) is 1.30. The van der Waals surface area contributed by atoms with Crippen LogP contribution in [0.25, 0.3) is 0 Å². The number of hydrogen-bond donors (Lipinski definition) is 1. The van der Waals surface area contributed by atoms with Gasteiger partial charge in [-0.2, -0.15) is 0 Å². The van der Waals surface area contributed by atoms with E-state index in [1.165, 1.54) is 25.9 Å². The Morgan fingerprint density at radius 1 is 1.13 bits per heavy atom. The SMILES string of the molecule is CCC(C)CN(CC)C(C)CC(C)NC. The van der Waals surface area contributed by atoms with Crippen LogP contribution in [0.3, 0.4) is 0 Å². The lowest BCUT2D eigenvalue weighted by Gasteiger charge is -2.31. The van der Waals surface area contributed by atoms with E-state index in [0.29, 0.717) is 12.1 Å². The molecule has 2 nitrogen and oxygen atoms in total. The highest BCUT2D eigenvalue weighted by atomic mass is 15.1. The Balaban J connectivity index is 4.03. The second-order valence-corrected chi connectivity index (χ2v) is 4.88. The maximum Gasteiger partial charge on any atom is 0.00816 e. The second-order valence-electron chi connectivity index (χ2n) is 4.88. The van der Waals surface area contributed by atoms with Crippen LogP contribution >= 0.6 is 0 Å². The zero-order chi connectivity index (χ0) is 11.8. The molecule has 0 aliphatic carbocycles. The van der Waals surface area contributed by atoms with Gasteiger partial charge in [-0.15, -0.1) is 0 Å². The van der Waals surface area contributed by atoms with Gasteiger partial charge in [0, 0.05) is 18.6 Å². The van der Waals surface area contributed by atoms with Crippen LogP contribution in [0.2, 0.25) is 0 Å². The van der Waals surface area contributed by atoms with Gasteiger partial charge in [-0.3, -0.25) is 0 Å². The van der Waals surface area contributed by atoms with Gasteiger partial charge in [-0.1, -0.05) is 27.2 Å². The quantitative estimate of drug-likeness (QED) is 0.668. The van der Waals surface area contributed by atoms with Crippen LogP contribution in [0.5, 0.6) is 0 Å². The fourth-order valence-electron chi connectivity index (χ4n) is 1.93. The van der Waals surface area contributed by atoms with Crippen LogP contribution in [0, 0.1) is 5.92 Å². The highest BCUT2D eigenvalue weighted by Crippen LogP contribution is 2.11. The number of hydrogen-bond acceptors (Lipinski definition) is 2. The van der Waals surface area contributed by atoms with Crippen LogP contribution in [-0.2, 0) is 0 Å². The topological polar surface area (TPSA) is 15.3 Å². The van der Waals surface area contributed by atoms with Gasteiger partial charge in [-0.05, 0) is 39.8 Å². The third-order valence-electron chi connectivity index (χ3n) is 3.46. The first kappa shape index (κ1) is 14.9. The van der Waals surface area contributed by atoms with Crippen molar-refractivity contribution in [1.82, 2.24) is 10.2 Å². The van der Waals surface area contributed by atoms with Crippen molar-refractivity contribution in [2.45, 2.75) is 59.5 Å². The van der Waals surface area contributed by atoms with Crippen LogP contribution in [-0.4, -0.2) is 37.1 Å². The first-order chi connectivity index (χ1) is 7.04. The second kappa shape index (κ2) is 8.12. The van der Waals surface area contributed by atoms with E-state index in [1.807, 2.05) is 7.05 Å². The maximum absolute atomic E-state index is 3.32. The van der Waals surface area contributed by atoms with Gasteiger partial charge in [0.1, 0.15) is 0 Å². The molecule has 0 spiro atoms. The lowest BCUT2D eigenvalue weighted by atomic mass is 10.0. The summed E-state index contributed by atoms with van der Waals surface area (Å²) >= 11 is 0. The summed E-state index contributed by atoms with van der Waals surface area (Å²) in [5.41, 5.74) is 0. The van der Waals surface area contributed by atoms with E-state index in [4.69, 9.17) is 0 Å². The predicted molar refractivity (Wildman–Crippen MR) is 69.3 cm³/mol. The summed E-state index contributed by atoms with van der Waals surface area (Å²) in [5, 5.41) is 3.32. The number of nitrogens with zero attached hydrogens (tertiary/aromatic N) is 1. The molecular formula is C13H30N2. The first-order valence-corrected chi connectivity index (χ1v) is 6.46. The van der Waals surface area contributed by atoms with Crippen LogP contribution in [0.15, 0.2) is 0 Å². The minimum atomic E-state index is 0.617. The fraction of sp³-hybridized carbons (Fsp3) is 1.00. The highest BCUT2D eigenvalue weighted by Gasteiger charge is 2.16. The Kier molecular flexibility index (Phi) is 8.07. The first-order valence-electron chi connectivity index (χ1n) is 6.46. The van der Waals surface area contributed by atoms with E-state index in [9.17, 15) is 0 Å². The normalized spacial score (nSPS) is 17.8. The van der Waals surface area contributed by atoms with E-state index in [-0.39, 0.29) is 0 Å². The molecule has 3 unspecified atom stereocenters. The maximum atomic E-state index is 3.32. The van der Waals surface area contributed by atoms with Gasteiger partial charge in [0.05, 0.1) is 0 Å². The fourth-order valence-corrected chi connectivity index (χ4v) is 1.93. The van der Waals surface area contributed by atoms with Crippen molar-refractivity contribution in [1.29, 1.82) is 0 Å².